The minimum Gasteiger partial charge on any atom is -0.341 e. The Morgan fingerprint density at radius 2 is 1.87 bits per heavy atom. The lowest BCUT2D eigenvalue weighted by Crippen LogP contribution is -2.35. The van der Waals surface area contributed by atoms with E-state index in [2.05, 4.69) is 4.98 Å². The third kappa shape index (κ3) is 3.33. The molecule has 1 saturated heterocycles. The largest absolute Gasteiger partial charge is 0.341 e. The molecule has 1 fully saturated rings. The van der Waals surface area contributed by atoms with Gasteiger partial charge in [0, 0.05) is 30.4 Å². The molecule has 0 unspecified atom stereocenters. The first-order chi connectivity index (χ1) is 11.2. The average molecular weight is 311 g/mol. The number of amides is 1. The number of carbonyl (C=O) groups is 1. The fraction of sp³-hybridized carbons (Fsp3) is 0.389. The molecule has 3 rings (SSSR count). The van der Waals surface area contributed by atoms with Crippen LogP contribution in [0.4, 0.5) is 0 Å². The summed E-state index contributed by atoms with van der Waals surface area (Å²) in [6.07, 6.45) is 2.77. The molecule has 23 heavy (non-hydrogen) atoms. The first-order valence-electron chi connectivity index (χ1n) is 8.13. The van der Waals surface area contributed by atoms with Crippen LogP contribution in [0.15, 0.2) is 41.2 Å². The fourth-order valence-electron chi connectivity index (χ4n) is 2.90. The van der Waals surface area contributed by atoms with E-state index in [4.69, 9.17) is 0 Å². The molecule has 1 amide bonds. The molecule has 0 saturated carbocycles. The van der Waals surface area contributed by atoms with Crippen molar-refractivity contribution >= 4 is 5.91 Å². The average Bonchev–Trinajstić information content (AvgIpc) is 3.11. The van der Waals surface area contributed by atoms with Gasteiger partial charge in [0.05, 0.1) is 0 Å². The maximum absolute atomic E-state index is 12.5. The molecule has 5 heteroatoms. The van der Waals surface area contributed by atoms with Gasteiger partial charge in [-0.05, 0) is 19.3 Å². The van der Waals surface area contributed by atoms with Gasteiger partial charge in [0.1, 0.15) is 12.4 Å². The number of carbonyl (C=O) groups excluding carboxylic acids is 1. The predicted molar refractivity (Wildman–Crippen MR) is 89.1 cm³/mol. The number of rotatable bonds is 4. The van der Waals surface area contributed by atoms with Crippen molar-refractivity contribution in [1.29, 1.82) is 0 Å². The van der Waals surface area contributed by atoms with Gasteiger partial charge in [-0.1, -0.05) is 37.3 Å². The number of hydrogen-bond donors (Lipinski definition) is 0. The van der Waals surface area contributed by atoms with E-state index in [-0.39, 0.29) is 18.0 Å². The highest BCUT2D eigenvalue weighted by Crippen LogP contribution is 2.17. The Morgan fingerprint density at radius 3 is 2.52 bits per heavy atom. The van der Waals surface area contributed by atoms with Crippen LogP contribution in [0.5, 0.6) is 0 Å². The van der Waals surface area contributed by atoms with E-state index >= 15 is 0 Å². The summed E-state index contributed by atoms with van der Waals surface area (Å²) >= 11 is 0. The molecule has 5 nitrogen and oxygen atoms in total. The Morgan fingerprint density at radius 1 is 1.17 bits per heavy atom. The molecule has 0 N–H and O–H groups in total. The van der Waals surface area contributed by atoms with E-state index < -0.39 is 0 Å². The summed E-state index contributed by atoms with van der Waals surface area (Å²) in [6, 6.07) is 11.1. The maximum Gasteiger partial charge on any atom is 0.254 e. The third-order valence-electron chi connectivity index (χ3n) is 4.21. The van der Waals surface area contributed by atoms with Crippen LogP contribution in [0, 0.1) is 0 Å². The van der Waals surface area contributed by atoms with Crippen molar-refractivity contribution in [2.24, 2.45) is 0 Å². The second kappa shape index (κ2) is 6.77. The molecule has 2 aromatic rings. The van der Waals surface area contributed by atoms with Crippen molar-refractivity contribution in [1.82, 2.24) is 14.5 Å². The number of likely N-dealkylation sites (tertiary alicyclic amines) is 1. The summed E-state index contributed by atoms with van der Waals surface area (Å²) in [7, 11) is 0. The number of aromatic nitrogens is 2. The van der Waals surface area contributed by atoms with Gasteiger partial charge >= 0.3 is 0 Å². The van der Waals surface area contributed by atoms with Crippen LogP contribution in [0.1, 0.15) is 25.5 Å². The molecule has 0 bridgehead atoms. The Labute approximate surface area is 135 Å². The minimum absolute atomic E-state index is 0.00664. The van der Waals surface area contributed by atoms with Crippen molar-refractivity contribution < 1.29 is 4.79 Å². The highest BCUT2D eigenvalue weighted by molar-refractivity contribution is 5.77. The van der Waals surface area contributed by atoms with Crippen molar-refractivity contribution in [2.75, 3.05) is 13.1 Å². The summed E-state index contributed by atoms with van der Waals surface area (Å²) < 4.78 is 1.50. The molecule has 0 aliphatic carbocycles. The quantitative estimate of drug-likeness (QED) is 0.869. The van der Waals surface area contributed by atoms with Crippen LogP contribution in [0.3, 0.4) is 0 Å². The smallest absolute Gasteiger partial charge is 0.254 e. The summed E-state index contributed by atoms with van der Waals surface area (Å²) in [4.78, 5) is 31.4. The number of benzene rings is 1. The first kappa shape index (κ1) is 15.5. The number of nitrogens with zero attached hydrogens (tertiary/aromatic N) is 3. The topological polar surface area (TPSA) is 55.2 Å². The Balaban J connectivity index is 2.01. The van der Waals surface area contributed by atoms with E-state index in [1.165, 1.54) is 10.6 Å². The lowest BCUT2D eigenvalue weighted by atomic mass is 10.2. The standard InChI is InChI=1S/C18H21N3O2/c1-2-15-12-16(22)21(13-17(23)20-10-6-7-11-20)18(19-15)14-8-4-3-5-9-14/h3-5,8-9,12H,2,6-7,10-11,13H2,1H3. The zero-order valence-electron chi connectivity index (χ0n) is 13.4. The Bertz CT molecular complexity index is 747. The van der Waals surface area contributed by atoms with Gasteiger partial charge in [-0.2, -0.15) is 0 Å². The van der Waals surface area contributed by atoms with E-state index in [9.17, 15) is 9.59 Å². The molecule has 2 heterocycles. The number of aryl methyl sites for hydroxylation is 1. The van der Waals surface area contributed by atoms with Crippen molar-refractivity contribution in [3.8, 4) is 11.4 Å². The van der Waals surface area contributed by atoms with Crippen LogP contribution in [0.25, 0.3) is 11.4 Å². The molecule has 1 aliphatic heterocycles. The molecule has 120 valence electrons. The van der Waals surface area contributed by atoms with Gasteiger partial charge in [-0.3, -0.25) is 14.2 Å². The van der Waals surface area contributed by atoms with E-state index in [1.807, 2.05) is 42.2 Å². The second-order valence-corrected chi connectivity index (χ2v) is 5.80. The van der Waals surface area contributed by atoms with Crippen molar-refractivity contribution in [3.63, 3.8) is 0 Å². The van der Waals surface area contributed by atoms with Gasteiger partial charge < -0.3 is 4.90 Å². The Kier molecular flexibility index (Phi) is 4.55. The molecule has 1 aromatic carbocycles. The van der Waals surface area contributed by atoms with E-state index in [0.717, 1.165) is 37.2 Å². The SMILES string of the molecule is CCc1cc(=O)n(CC(=O)N2CCCC2)c(-c2ccccc2)n1. The van der Waals surface area contributed by atoms with E-state index in [0.29, 0.717) is 12.2 Å². The molecular weight excluding hydrogens is 290 g/mol. The van der Waals surface area contributed by atoms with Crippen LogP contribution in [0.2, 0.25) is 0 Å². The Hall–Kier alpha value is -2.43. The lowest BCUT2D eigenvalue weighted by molar-refractivity contribution is -0.130. The zero-order chi connectivity index (χ0) is 16.2. The van der Waals surface area contributed by atoms with Gasteiger partial charge in [-0.15, -0.1) is 0 Å². The summed E-state index contributed by atoms with van der Waals surface area (Å²) in [5, 5.41) is 0. The molecule has 0 atom stereocenters. The van der Waals surface area contributed by atoms with Gasteiger partial charge in [-0.25, -0.2) is 4.98 Å². The van der Waals surface area contributed by atoms with Crippen LogP contribution < -0.4 is 5.56 Å². The fourth-order valence-corrected chi connectivity index (χ4v) is 2.90. The lowest BCUT2D eigenvalue weighted by Gasteiger charge is -2.18. The number of hydrogen-bond acceptors (Lipinski definition) is 3. The molecule has 1 aromatic heterocycles. The first-order valence-corrected chi connectivity index (χ1v) is 8.13. The zero-order valence-corrected chi connectivity index (χ0v) is 13.4. The molecule has 1 aliphatic rings. The summed E-state index contributed by atoms with van der Waals surface area (Å²) in [5.74, 6) is 0.565. The van der Waals surface area contributed by atoms with Gasteiger partial charge in [0.2, 0.25) is 5.91 Å². The highest BCUT2D eigenvalue weighted by Gasteiger charge is 2.20. The monoisotopic (exact) mass is 311 g/mol. The maximum atomic E-state index is 12.5. The summed E-state index contributed by atoms with van der Waals surface area (Å²) in [5.41, 5.74) is 1.44. The summed E-state index contributed by atoms with van der Waals surface area (Å²) in [6.45, 7) is 3.60. The minimum atomic E-state index is -0.164. The second-order valence-electron chi connectivity index (χ2n) is 5.80. The molecule has 0 radical (unpaired) electrons. The third-order valence-corrected chi connectivity index (χ3v) is 4.21. The highest BCUT2D eigenvalue weighted by atomic mass is 16.2. The van der Waals surface area contributed by atoms with Crippen LogP contribution in [-0.2, 0) is 17.8 Å². The normalized spacial score (nSPS) is 14.2. The van der Waals surface area contributed by atoms with Gasteiger partial charge in [0.25, 0.3) is 5.56 Å². The molecule has 0 spiro atoms. The van der Waals surface area contributed by atoms with Crippen molar-refractivity contribution in [2.45, 2.75) is 32.7 Å². The van der Waals surface area contributed by atoms with Crippen LogP contribution >= 0.6 is 0 Å². The van der Waals surface area contributed by atoms with E-state index in [1.54, 1.807) is 0 Å². The van der Waals surface area contributed by atoms with Gasteiger partial charge in [0.15, 0.2) is 0 Å². The van der Waals surface area contributed by atoms with Crippen molar-refractivity contribution in [3.05, 3.63) is 52.4 Å². The molecular formula is C18H21N3O2. The van der Waals surface area contributed by atoms with Crippen LogP contribution in [-0.4, -0.2) is 33.4 Å². The predicted octanol–water partition coefficient (Wildman–Crippen LogP) is 2.10.